The highest BCUT2D eigenvalue weighted by molar-refractivity contribution is 6.00. The molecule has 0 aromatic carbocycles. The lowest BCUT2D eigenvalue weighted by Crippen LogP contribution is -2.42. The Labute approximate surface area is 142 Å². The van der Waals surface area contributed by atoms with Crippen LogP contribution in [0.3, 0.4) is 0 Å². The molecule has 1 N–H and O–H groups in total. The first-order chi connectivity index (χ1) is 11.7. The zero-order chi connectivity index (χ0) is 16.9. The quantitative estimate of drug-likeness (QED) is 0.913. The number of rotatable bonds is 5. The molecule has 3 heterocycles. The van der Waals surface area contributed by atoms with E-state index in [0.717, 1.165) is 18.7 Å². The van der Waals surface area contributed by atoms with Crippen molar-refractivity contribution in [1.29, 1.82) is 0 Å². The van der Waals surface area contributed by atoms with Gasteiger partial charge in [-0.05, 0) is 45.4 Å². The van der Waals surface area contributed by atoms with Crippen LogP contribution in [0.4, 0.5) is 0 Å². The second kappa shape index (κ2) is 7.57. The second-order valence-corrected chi connectivity index (χ2v) is 6.33. The lowest BCUT2D eigenvalue weighted by atomic mass is 10.0. The standard InChI is InChI=1S/C18H24N4O2/c1-13-5-3-4-11-22(13)12-10-20-18(23)16-14(2)24-21-17(16)15-6-8-19-9-7-15/h6-9,13H,3-5,10-12H2,1-2H3,(H,20,23)/t13-/m0/s1. The predicted molar refractivity (Wildman–Crippen MR) is 91.7 cm³/mol. The second-order valence-electron chi connectivity index (χ2n) is 6.33. The van der Waals surface area contributed by atoms with Crippen molar-refractivity contribution in [2.24, 2.45) is 0 Å². The molecule has 2 aromatic heterocycles. The van der Waals surface area contributed by atoms with Crippen LogP contribution in [0.1, 0.15) is 42.3 Å². The van der Waals surface area contributed by atoms with E-state index in [1.54, 1.807) is 19.3 Å². The maximum atomic E-state index is 12.6. The molecule has 0 unspecified atom stereocenters. The molecule has 128 valence electrons. The number of carbonyl (C=O) groups is 1. The van der Waals surface area contributed by atoms with Crippen LogP contribution in [0, 0.1) is 6.92 Å². The molecule has 1 aliphatic rings. The first kappa shape index (κ1) is 16.6. The molecular weight excluding hydrogens is 304 g/mol. The van der Waals surface area contributed by atoms with E-state index in [2.05, 4.69) is 27.3 Å². The van der Waals surface area contributed by atoms with Gasteiger partial charge in [0.25, 0.3) is 5.91 Å². The molecule has 1 fully saturated rings. The average molecular weight is 328 g/mol. The summed E-state index contributed by atoms with van der Waals surface area (Å²) in [6, 6.07) is 4.24. The van der Waals surface area contributed by atoms with E-state index in [9.17, 15) is 4.79 Å². The van der Waals surface area contributed by atoms with Crippen LogP contribution >= 0.6 is 0 Å². The van der Waals surface area contributed by atoms with Crippen molar-refractivity contribution in [3.63, 3.8) is 0 Å². The van der Waals surface area contributed by atoms with E-state index in [4.69, 9.17) is 4.52 Å². The minimum Gasteiger partial charge on any atom is -0.360 e. The van der Waals surface area contributed by atoms with Gasteiger partial charge in [0, 0.05) is 37.1 Å². The Kier molecular flexibility index (Phi) is 5.25. The van der Waals surface area contributed by atoms with Gasteiger partial charge in [-0.15, -0.1) is 0 Å². The zero-order valence-electron chi connectivity index (χ0n) is 14.3. The fourth-order valence-electron chi connectivity index (χ4n) is 3.24. The van der Waals surface area contributed by atoms with Gasteiger partial charge in [0.15, 0.2) is 0 Å². The molecule has 1 atom stereocenters. The van der Waals surface area contributed by atoms with Crippen molar-refractivity contribution < 1.29 is 9.32 Å². The lowest BCUT2D eigenvalue weighted by molar-refractivity contribution is 0.0937. The molecule has 0 spiro atoms. The number of pyridine rings is 1. The number of nitrogens with one attached hydrogen (secondary N) is 1. The molecular formula is C18H24N4O2. The van der Waals surface area contributed by atoms with E-state index >= 15 is 0 Å². The summed E-state index contributed by atoms with van der Waals surface area (Å²) in [7, 11) is 0. The number of hydrogen-bond acceptors (Lipinski definition) is 5. The molecule has 3 rings (SSSR count). The normalized spacial score (nSPS) is 18.5. The minimum atomic E-state index is -0.134. The monoisotopic (exact) mass is 328 g/mol. The van der Waals surface area contributed by atoms with Gasteiger partial charge in [-0.3, -0.25) is 14.7 Å². The van der Waals surface area contributed by atoms with Crippen molar-refractivity contribution in [3.05, 3.63) is 35.9 Å². The van der Waals surface area contributed by atoms with Crippen molar-refractivity contribution in [3.8, 4) is 11.3 Å². The smallest absolute Gasteiger partial charge is 0.257 e. The number of hydrogen-bond donors (Lipinski definition) is 1. The number of aryl methyl sites for hydroxylation is 1. The van der Waals surface area contributed by atoms with Crippen LogP contribution in [-0.4, -0.2) is 46.6 Å². The van der Waals surface area contributed by atoms with Gasteiger partial charge in [0.2, 0.25) is 0 Å². The molecule has 6 heteroatoms. The fraction of sp³-hybridized carbons (Fsp3) is 0.500. The average Bonchev–Trinajstić information content (AvgIpc) is 2.99. The summed E-state index contributed by atoms with van der Waals surface area (Å²) < 4.78 is 5.24. The van der Waals surface area contributed by atoms with Crippen LogP contribution < -0.4 is 5.32 Å². The summed E-state index contributed by atoms with van der Waals surface area (Å²) in [6.45, 7) is 6.64. The van der Waals surface area contributed by atoms with Crippen LogP contribution in [0.5, 0.6) is 0 Å². The number of piperidine rings is 1. The Hall–Kier alpha value is -2.21. The number of carbonyl (C=O) groups excluding carboxylic acids is 1. The summed E-state index contributed by atoms with van der Waals surface area (Å²) in [5, 5.41) is 7.05. The Morgan fingerprint density at radius 2 is 2.17 bits per heavy atom. The van der Waals surface area contributed by atoms with E-state index in [1.807, 2.05) is 12.1 Å². The van der Waals surface area contributed by atoms with Crippen molar-refractivity contribution >= 4 is 5.91 Å². The largest absolute Gasteiger partial charge is 0.360 e. The summed E-state index contributed by atoms with van der Waals surface area (Å²) >= 11 is 0. The van der Waals surface area contributed by atoms with Crippen molar-refractivity contribution in [2.45, 2.75) is 39.2 Å². The third kappa shape index (κ3) is 3.64. The number of aromatic nitrogens is 2. The molecule has 0 saturated carbocycles. The molecule has 24 heavy (non-hydrogen) atoms. The van der Waals surface area contributed by atoms with Crippen LogP contribution in [0.15, 0.2) is 29.0 Å². The van der Waals surface area contributed by atoms with Gasteiger partial charge in [-0.2, -0.15) is 0 Å². The first-order valence-corrected chi connectivity index (χ1v) is 8.55. The highest BCUT2D eigenvalue weighted by Gasteiger charge is 2.22. The predicted octanol–water partition coefficient (Wildman–Crippen LogP) is 2.65. The van der Waals surface area contributed by atoms with E-state index in [1.165, 1.54) is 19.3 Å². The van der Waals surface area contributed by atoms with Crippen molar-refractivity contribution in [1.82, 2.24) is 20.4 Å². The maximum Gasteiger partial charge on any atom is 0.257 e. The fourth-order valence-corrected chi connectivity index (χ4v) is 3.24. The van der Waals surface area contributed by atoms with Gasteiger partial charge in [0.1, 0.15) is 17.0 Å². The SMILES string of the molecule is Cc1onc(-c2ccncc2)c1C(=O)NCCN1CCCC[C@@H]1C. The number of nitrogens with zero attached hydrogens (tertiary/aromatic N) is 3. The minimum absolute atomic E-state index is 0.134. The van der Waals surface area contributed by atoms with E-state index in [-0.39, 0.29) is 5.91 Å². The summed E-state index contributed by atoms with van der Waals surface area (Å²) in [4.78, 5) is 19.0. The Morgan fingerprint density at radius 3 is 2.92 bits per heavy atom. The summed E-state index contributed by atoms with van der Waals surface area (Å²) in [6.07, 6.45) is 7.15. The van der Waals surface area contributed by atoms with Crippen molar-refractivity contribution in [2.75, 3.05) is 19.6 Å². The Balaban J connectivity index is 1.64. The van der Waals surface area contributed by atoms with Gasteiger partial charge >= 0.3 is 0 Å². The molecule has 0 radical (unpaired) electrons. The maximum absolute atomic E-state index is 12.6. The lowest BCUT2D eigenvalue weighted by Gasteiger charge is -2.33. The topological polar surface area (TPSA) is 71.3 Å². The molecule has 6 nitrogen and oxygen atoms in total. The number of amides is 1. The third-order valence-electron chi connectivity index (χ3n) is 4.67. The van der Waals surface area contributed by atoms with Crippen LogP contribution in [0.25, 0.3) is 11.3 Å². The van der Waals surface area contributed by atoms with Gasteiger partial charge < -0.3 is 9.84 Å². The molecule has 2 aromatic rings. The molecule has 1 saturated heterocycles. The summed E-state index contributed by atoms with van der Waals surface area (Å²) in [5.74, 6) is 0.399. The summed E-state index contributed by atoms with van der Waals surface area (Å²) in [5.41, 5.74) is 1.91. The van der Waals surface area contributed by atoms with E-state index < -0.39 is 0 Å². The molecule has 1 amide bonds. The Morgan fingerprint density at radius 1 is 1.38 bits per heavy atom. The Bertz CT molecular complexity index is 684. The van der Waals surface area contributed by atoms with Crippen LogP contribution in [-0.2, 0) is 0 Å². The number of likely N-dealkylation sites (tertiary alicyclic amines) is 1. The highest BCUT2D eigenvalue weighted by atomic mass is 16.5. The van der Waals surface area contributed by atoms with Gasteiger partial charge in [0.05, 0.1) is 0 Å². The van der Waals surface area contributed by atoms with Gasteiger partial charge in [-0.1, -0.05) is 11.6 Å². The molecule has 0 bridgehead atoms. The third-order valence-corrected chi connectivity index (χ3v) is 4.67. The first-order valence-electron chi connectivity index (χ1n) is 8.55. The van der Waals surface area contributed by atoms with Gasteiger partial charge in [-0.25, -0.2) is 0 Å². The molecule has 0 aliphatic carbocycles. The molecule has 1 aliphatic heterocycles. The van der Waals surface area contributed by atoms with Crippen LogP contribution in [0.2, 0.25) is 0 Å². The van der Waals surface area contributed by atoms with E-state index in [0.29, 0.717) is 29.6 Å². The highest BCUT2D eigenvalue weighted by Crippen LogP contribution is 2.24. The zero-order valence-corrected chi connectivity index (χ0v) is 14.3.